The number of nitrogens with one attached hydrogen (secondary N) is 4. The number of carbonyl (C=O) groups is 6. The molecule has 0 spiro atoms. The van der Waals surface area contributed by atoms with Gasteiger partial charge in [-0.05, 0) is 31.9 Å². The third kappa shape index (κ3) is 9.50. The van der Waals surface area contributed by atoms with Crippen LogP contribution in [0, 0.1) is 10.1 Å². The number of nitro benzene ring substituents is 1. The van der Waals surface area contributed by atoms with Gasteiger partial charge in [0.25, 0.3) is 11.6 Å². The summed E-state index contributed by atoms with van der Waals surface area (Å²) in [4.78, 5) is 84.7. The molecule has 17 nitrogen and oxygen atoms in total. The SMILES string of the molecule is NCCCCC1NC(=O)C(CC(=O)O)NC(=O)c2cc([N+](=O)[O-])ccc2OCC[C@@H](C(=O)NCC(=O)O)NC1=O. The number of carbonyl (C=O) groups excluding carboxylic acids is 4. The maximum absolute atomic E-state index is 13.1. The van der Waals surface area contributed by atoms with E-state index >= 15 is 0 Å². The van der Waals surface area contributed by atoms with Crippen molar-refractivity contribution in [3.8, 4) is 5.75 Å². The average molecular weight is 567 g/mol. The number of carboxylic acids is 2. The lowest BCUT2D eigenvalue weighted by atomic mass is 10.0. The molecule has 2 rings (SSSR count). The van der Waals surface area contributed by atoms with E-state index in [0.717, 1.165) is 18.2 Å². The molecule has 8 N–H and O–H groups in total. The van der Waals surface area contributed by atoms with Crippen LogP contribution in [-0.4, -0.2) is 88.5 Å². The molecule has 1 aliphatic rings. The fraction of sp³-hybridized carbons (Fsp3) is 0.478. The Morgan fingerprint density at radius 3 is 2.38 bits per heavy atom. The summed E-state index contributed by atoms with van der Waals surface area (Å²) < 4.78 is 5.57. The Morgan fingerprint density at radius 1 is 1.05 bits per heavy atom. The molecule has 0 saturated carbocycles. The summed E-state index contributed by atoms with van der Waals surface area (Å²) >= 11 is 0. The molecule has 2 unspecified atom stereocenters. The van der Waals surface area contributed by atoms with E-state index in [1.54, 1.807) is 0 Å². The fourth-order valence-corrected chi connectivity index (χ4v) is 3.70. The van der Waals surface area contributed by atoms with Crippen LogP contribution in [0.3, 0.4) is 0 Å². The first-order valence-electron chi connectivity index (χ1n) is 12.2. The number of nitrogens with two attached hydrogens (primary N) is 1. The van der Waals surface area contributed by atoms with Gasteiger partial charge in [0.2, 0.25) is 17.7 Å². The minimum absolute atomic E-state index is 0.0392. The Bertz CT molecular complexity index is 1160. The monoisotopic (exact) mass is 566 g/mol. The first-order valence-corrected chi connectivity index (χ1v) is 12.2. The smallest absolute Gasteiger partial charge is 0.322 e. The molecular weight excluding hydrogens is 536 g/mol. The lowest BCUT2D eigenvalue weighted by Crippen LogP contribution is -2.57. The van der Waals surface area contributed by atoms with E-state index < -0.39 is 77.3 Å². The minimum Gasteiger partial charge on any atom is -0.493 e. The zero-order valence-electron chi connectivity index (χ0n) is 21.2. The van der Waals surface area contributed by atoms with E-state index in [-0.39, 0.29) is 37.3 Å². The number of nitrogens with zero attached hydrogens (tertiary/aromatic N) is 1. The molecular formula is C23H30N6O11. The Kier molecular flexibility index (Phi) is 11.7. The van der Waals surface area contributed by atoms with Crippen LogP contribution in [-0.2, 0) is 24.0 Å². The van der Waals surface area contributed by atoms with Gasteiger partial charge in [-0.15, -0.1) is 0 Å². The van der Waals surface area contributed by atoms with Gasteiger partial charge in [-0.3, -0.25) is 38.9 Å². The number of aliphatic carboxylic acids is 2. The highest BCUT2D eigenvalue weighted by Crippen LogP contribution is 2.25. The first-order chi connectivity index (χ1) is 18.9. The molecule has 0 aliphatic carbocycles. The van der Waals surface area contributed by atoms with Crippen LogP contribution < -0.4 is 31.7 Å². The third-order valence-corrected chi connectivity index (χ3v) is 5.71. The lowest BCUT2D eigenvalue weighted by molar-refractivity contribution is -0.384. The molecule has 0 bridgehead atoms. The Balaban J connectivity index is 2.51. The highest BCUT2D eigenvalue weighted by Gasteiger charge is 2.32. The second-order valence-electron chi connectivity index (χ2n) is 8.72. The highest BCUT2D eigenvalue weighted by molar-refractivity contribution is 6.01. The number of hydrogen-bond acceptors (Lipinski definition) is 10. The summed E-state index contributed by atoms with van der Waals surface area (Å²) in [6.07, 6.45) is -0.236. The quantitative estimate of drug-likeness (QED) is 0.0944. The molecule has 1 aliphatic heterocycles. The van der Waals surface area contributed by atoms with Crippen LogP contribution in [0.5, 0.6) is 5.75 Å². The number of ether oxygens (including phenoxy) is 1. The van der Waals surface area contributed by atoms with Gasteiger partial charge in [-0.2, -0.15) is 0 Å². The summed E-state index contributed by atoms with van der Waals surface area (Å²) in [5.74, 6) is -6.78. The molecule has 0 radical (unpaired) electrons. The molecule has 1 aromatic rings. The normalized spacial score (nSPS) is 19.9. The van der Waals surface area contributed by atoms with E-state index in [4.69, 9.17) is 15.6 Å². The van der Waals surface area contributed by atoms with E-state index in [2.05, 4.69) is 21.3 Å². The van der Waals surface area contributed by atoms with Gasteiger partial charge >= 0.3 is 11.9 Å². The van der Waals surface area contributed by atoms with Gasteiger partial charge in [-0.1, -0.05) is 0 Å². The van der Waals surface area contributed by atoms with Crippen molar-refractivity contribution in [3.63, 3.8) is 0 Å². The number of non-ortho nitro benzene ring substituents is 1. The van der Waals surface area contributed by atoms with Gasteiger partial charge in [0.15, 0.2) is 0 Å². The minimum atomic E-state index is -1.69. The van der Waals surface area contributed by atoms with Gasteiger partial charge in [0.05, 0.1) is 23.5 Å². The fourth-order valence-electron chi connectivity index (χ4n) is 3.70. The van der Waals surface area contributed by atoms with Crippen molar-refractivity contribution in [2.24, 2.45) is 5.73 Å². The molecule has 1 aromatic carbocycles. The summed E-state index contributed by atoms with van der Waals surface area (Å²) in [5.41, 5.74) is 4.63. The maximum Gasteiger partial charge on any atom is 0.322 e. The van der Waals surface area contributed by atoms with E-state index in [0.29, 0.717) is 12.8 Å². The molecule has 40 heavy (non-hydrogen) atoms. The summed E-state index contributed by atoms with van der Waals surface area (Å²) in [5, 5.41) is 38.7. The number of hydrogen-bond donors (Lipinski definition) is 7. The largest absolute Gasteiger partial charge is 0.493 e. The van der Waals surface area contributed by atoms with Crippen LogP contribution in [0.4, 0.5) is 5.69 Å². The van der Waals surface area contributed by atoms with Crippen LogP contribution in [0.1, 0.15) is 42.5 Å². The highest BCUT2D eigenvalue weighted by atomic mass is 16.6. The van der Waals surface area contributed by atoms with Crippen molar-refractivity contribution < 1.29 is 48.6 Å². The number of benzene rings is 1. The van der Waals surface area contributed by atoms with E-state index in [9.17, 15) is 44.0 Å². The number of amides is 4. The molecule has 17 heteroatoms. The van der Waals surface area contributed by atoms with Crippen molar-refractivity contribution >= 4 is 41.3 Å². The number of unbranched alkanes of at least 4 members (excludes halogenated alkanes) is 1. The Morgan fingerprint density at radius 2 is 1.75 bits per heavy atom. The molecule has 218 valence electrons. The van der Waals surface area contributed by atoms with Gasteiger partial charge < -0.3 is 42.0 Å². The second-order valence-corrected chi connectivity index (χ2v) is 8.72. The van der Waals surface area contributed by atoms with Crippen molar-refractivity contribution in [2.75, 3.05) is 19.7 Å². The van der Waals surface area contributed by atoms with Crippen molar-refractivity contribution in [1.29, 1.82) is 0 Å². The van der Waals surface area contributed by atoms with Crippen LogP contribution in [0.25, 0.3) is 0 Å². The number of fused-ring (bicyclic) bond motifs is 1. The van der Waals surface area contributed by atoms with Crippen molar-refractivity contribution in [3.05, 3.63) is 33.9 Å². The lowest BCUT2D eigenvalue weighted by Gasteiger charge is -2.26. The Hall–Kier alpha value is -4.80. The second kappa shape index (κ2) is 15.0. The molecule has 3 atom stereocenters. The molecule has 1 heterocycles. The first kappa shape index (κ1) is 31.4. The van der Waals surface area contributed by atoms with Crippen LogP contribution in [0.2, 0.25) is 0 Å². The standard InChI is InChI=1S/C23H30N6O11/c24-7-2-1-3-14-22(36)27-15(21(35)25-11-19(32)33)6-8-40-17-5-4-12(29(38)39)9-13(17)20(34)28-16(10-18(30)31)23(37)26-14/h4-5,9,14-16H,1-3,6-8,10-11,24H2,(H,25,35)(H,26,37)(H,27,36)(H,28,34)(H,30,31)(H,32,33)/t14?,15-,16?/m0/s1. The molecule has 0 saturated heterocycles. The van der Waals surface area contributed by atoms with Gasteiger partial charge in [0.1, 0.15) is 30.4 Å². The number of carboxylic acid groups (broad SMARTS) is 2. The van der Waals surface area contributed by atoms with E-state index in [1.165, 1.54) is 0 Å². The zero-order valence-corrected chi connectivity index (χ0v) is 21.2. The summed E-state index contributed by atoms with van der Waals surface area (Å²) in [7, 11) is 0. The number of rotatable bonds is 10. The number of nitro groups is 1. The van der Waals surface area contributed by atoms with Crippen LogP contribution in [0.15, 0.2) is 18.2 Å². The molecule has 0 aromatic heterocycles. The summed E-state index contributed by atoms with van der Waals surface area (Å²) in [6, 6.07) is -1.29. The predicted molar refractivity (Wildman–Crippen MR) is 134 cm³/mol. The predicted octanol–water partition coefficient (Wildman–Crippen LogP) is -1.75. The molecule has 0 fully saturated rings. The van der Waals surface area contributed by atoms with Gasteiger partial charge in [-0.25, -0.2) is 0 Å². The Labute approximate surface area is 226 Å². The van der Waals surface area contributed by atoms with Gasteiger partial charge in [0, 0.05) is 18.6 Å². The third-order valence-electron chi connectivity index (χ3n) is 5.71. The van der Waals surface area contributed by atoms with Crippen LogP contribution >= 0.6 is 0 Å². The maximum atomic E-state index is 13.1. The van der Waals surface area contributed by atoms with E-state index in [1.807, 2.05) is 0 Å². The zero-order chi connectivity index (χ0) is 29.8. The molecule has 4 amide bonds. The van der Waals surface area contributed by atoms with Crippen molar-refractivity contribution in [2.45, 2.75) is 50.2 Å². The average Bonchev–Trinajstić information content (AvgIpc) is 2.89. The summed E-state index contributed by atoms with van der Waals surface area (Å²) in [6.45, 7) is -0.776. The van der Waals surface area contributed by atoms with Crippen molar-refractivity contribution in [1.82, 2.24) is 21.3 Å². The topological polar surface area (TPSA) is 269 Å².